The highest BCUT2D eigenvalue weighted by molar-refractivity contribution is 5.46. The molecular weight excluding hydrogens is 294 g/mol. The van der Waals surface area contributed by atoms with Crippen LogP contribution >= 0.6 is 0 Å². The first kappa shape index (κ1) is 14.5. The molecule has 0 bridgehead atoms. The van der Waals surface area contributed by atoms with Crippen molar-refractivity contribution in [3.8, 4) is 17.5 Å². The van der Waals surface area contributed by atoms with Crippen molar-refractivity contribution in [2.75, 3.05) is 12.4 Å². The van der Waals surface area contributed by atoms with Gasteiger partial charge in [0.1, 0.15) is 17.5 Å². The van der Waals surface area contributed by atoms with E-state index in [0.29, 0.717) is 12.4 Å². The SMILES string of the molecule is COc1ccc(-n2cc(CNc3nccnc3C#N)nn2)cc1. The van der Waals surface area contributed by atoms with E-state index in [4.69, 9.17) is 10.00 Å². The van der Waals surface area contributed by atoms with E-state index in [1.165, 1.54) is 12.4 Å². The van der Waals surface area contributed by atoms with E-state index < -0.39 is 0 Å². The number of methoxy groups -OCH3 is 1. The van der Waals surface area contributed by atoms with Gasteiger partial charge >= 0.3 is 0 Å². The van der Waals surface area contributed by atoms with E-state index in [1.807, 2.05) is 30.3 Å². The molecule has 114 valence electrons. The number of nitrogens with one attached hydrogen (secondary N) is 1. The van der Waals surface area contributed by atoms with Gasteiger partial charge in [0.15, 0.2) is 11.5 Å². The maximum absolute atomic E-state index is 8.98. The first-order valence-electron chi connectivity index (χ1n) is 6.81. The molecule has 1 N–H and O–H groups in total. The largest absolute Gasteiger partial charge is 0.497 e. The normalized spacial score (nSPS) is 10.1. The van der Waals surface area contributed by atoms with Crippen LogP contribution in [0.3, 0.4) is 0 Å². The lowest BCUT2D eigenvalue weighted by atomic mass is 10.3. The minimum Gasteiger partial charge on any atom is -0.497 e. The summed E-state index contributed by atoms with van der Waals surface area (Å²) in [6, 6.07) is 9.47. The smallest absolute Gasteiger partial charge is 0.182 e. The van der Waals surface area contributed by atoms with E-state index in [-0.39, 0.29) is 5.69 Å². The van der Waals surface area contributed by atoms with Crippen LogP contribution in [0.4, 0.5) is 5.82 Å². The summed E-state index contributed by atoms with van der Waals surface area (Å²) in [6.07, 6.45) is 4.80. The zero-order valence-corrected chi connectivity index (χ0v) is 12.3. The second kappa shape index (κ2) is 6.53. The lowest BCUT2D eigenvalue weighted by Gasteiger charge is -2.03. The van der Waals surface area contributed by atoms with Crippen molar-refractivity contribution in [1.82, 2.24) is 25.0 Å². The quantitative estimate of drug-likeness (QED) is 0.763. The molecule has 0 aliphatic rings. The molecule has 8 heteroatoms. The van der Waals surface area contributed by atoms with E-state index in [9.17, 15) is 0 Å². The van der Waals surface area contributed by atoms with Crippen LogP contribution in [0.5, 0.6) is 5.75 Å². The summed E-state index contributed by atoms with van der Waals surface area (Å²) < 4.78 is 6.79. The van der Waals surface area contributed by atoms with Gasteiger partial charge in [-0.3, -0.25) is 0 Å². The zero-order valence-electron chi connectivity index (χ0n) is 12.3. The van der Waals surface area contributed by atoms with Crippen molar-refractivity contribution in [2.45, 2.75) is 6.54 Å². The number of hydrogen-bond acceptors (Lipinski definition) is 7. The van der Waals surface area contributed by atoms with Crippen LogP contribution in [-0.2, 0) is 6.54 Å². The van der Waals surface area contributed by atoms with E-state index >= 15 is 0 Å². The summed E-state index contributed by atoms with van der Waals surface area (Å²) in [7, 11) is 1.62. The van der Waals surface area contributed by atoms with Crippen molar-refractivity contribution in [2.24, 2.45) is 0 Å². The van der Waals surface area contributed by atoms with Crippen molar-refractivity contribution in [3.05, 3.63) is 54.2 Å². The van der Waals surface area contributed by atoms with Crippen LogP contribution < -0.4 is 10.1 Å². The van der Waals surface area contributed by atoms with Crippen LogP contribution in [0.15, 0.2) is 42.9 Å². The Bertz CT molecular complexity index is 836. The summed E-state index contributed by atoms with van der Waals surface area (Å²) in [5, 5.41) is 20.2. The van der Waals surface area contributed by atoms with Crippen molar-refractivity contribution in [1.29, 1.82) is 5.26 Å². The Morgan fingerprint density at radius 2 is 2.00 bits per heavy atom. The molecular formula is C15H13N7O. The molecule has 1 aromatic carbocycles. The first-order chi connectivity index (χ1) is 11.3. The molecule has 0 radical (unpaired) electrons. The van der Waals surface area contributed by atoms with Gasteiger partial charge in [-0.1, -0.05) is 5.21 Å². The molecule has 2 aromatic heterocycles. The predicted molar refractivity (Wildman–Crippen MR) is 82.0 cm³/mol. The summed E-state index contributed by atoms with van der Waals surface area (Å²) in [6.45, 7) is 0.392. The Balaban J connectivity index is 1.71. The number of aromatic nitrogens is 5. The molecule has 2 heterocycles. The molecule has 0 amide bonds. The fraction of sp³-hybridized carbons (Fsp3) is 0.133. The lowest BCUT2D eigenvalue weighted by Crippen LogP contribution is -2.04. The summed E-state index contributed by atoms with van der Waals surface area (Å²) in [5.41, 5.74) is 1.84. The van der Waals surface area contributed by atoms with Gasteiger partial charge in [-0.2, -0.15) is 5.26 Å². The molecule has 0 atom stereocenters. The molecule has 23 heavy (non-hydrogen) atoms. The van der Waals surface area contributed by atoms with E-state index in [0.717, 1.165) is 17.1 Å². The van der Waals surface area contributed by atoms with Crippen molar-refractivity contribution >= 4 is 5.82 Å². The van der Waals surface area contributed by atoms with Gasteiger partial charge in [0.25, 0.3) is 0 Å². The van der Waals surface area contributed by atoms with Gasteiger partial charge in [-0.15, -0.1) is 5.10 Å². The maximum atomic E-state index is 8.98. The van der Waals surface area contributed by atoms with Gasteiger partial charge < -0.3 is 10.1 Å². The molecule has 3 rings (SSSR count). The highest BCUT2D eigenvalue weighted by atomic mass is 16.5. The van der Waals surface area contributed by atoms with Gasteiger partial charge in [0.2, 0.25) is 0 Å². The second-order valence-electron chi connectivity index (χ2n) is 4.57. The van der Waals surface area contributed by atoms with Gasteiger partial charge in [-0.25, -0.2) is 14.6 Å². The number of rotatable bonds is 5. The van der Waals surface area contributed by atoms with Crippen molar-refractivity contribution in [3.63, 3.8) is 0 Å². The number of nitriles is 1. The zero-order chi connectivity index (χ0) is 16.1. The van der Waals surface area contributed by atoms with Crippen LogP contribution in [0.1, 0.15) is 11.4 Å². The fourth-order valence-electron chi connectivity index (χ4n) is 1.96. The molecule has 3 aromatic rings. The molecule has 0 aliphatic heterocycles. The third-order valence-electron chi connectivity index (χ3n) is 3.12. The average molecular weight is 307 g/mol. The number of benzene rings is 1. The molecule has 0 aliphatic carbocycles. The van der Waals surface area contributed by atoms with Crippen LogP contribution in [-0.4, -0.2) is 32.1 Å². The number of ether oxygens (including phenoxy) is 1. The third kappa shape index (κ3) is 3.24. The van der Waals surface area contributed by atoms with Crippen molar-refractivity contribution < 1.29 is 4.74 Å². The lowest BCUT2D eigenvalue weighted by molar-refractivity contribution is 0.414. The Morgan fingerprint density at radius 1 is 1.22 bits per heavy atom. The Labute approximate surface area is 132 Å². The highest BCUT2D eigenvalue weighted by Crippen LogP contribution is 2.14. The molecule has 0 saturated carbocycles. The molecule has 0 unspecified atom stereocenters. The Kier molecular flexibility index (Phi) is 4.11. The summed E-state index contributed by atoms with van der Waals surface area (Å²) >= 11 is 0. The average Bonchev–Trinajstić information content (AvgIpc) is 3.09. The van der Waals surface area contributed by atoms with Gasteiger partial charge in [0.05, 0.1) is 25.5 Å². The van der Waals surface area contributed by atoms with Gasteiger partial charge in [0, 0.05) is 12.4 Å². The fourth-order valence-corrected chi connectivity index (χ4v) is 1.96. The minimum atomic E-state index is 0.245. The number of anilines is 1. The van der Waals surface area contributed by atoms with E-state index in [1.54, 1.807) is 18.0 Å². The minimum absolute atomic E-state index is 0.245. The standard InChI is InChI=1S/C15H13N7O/c1-23-13-4-2-12(3-5-13)22-10-11(20-21-22)9-19-15-14(8-16)17-6-7-18-15/h2-7,10H,9H2,1H3,(H,18,19). The van der Waals surface area contributed by atoms with Crippen LogP contribution in [0, 0.1) is 11.3 Å². The molecule has 0 fully saturated rings. The number of nitrogens with zero attached hydrogens (tertiary/aromatic N) is 6. The van der Waals surface area contributed by atoms with Crippen LogP contribution in [0.25, 0.3) is 5.69 Å². The molecule has 8 nitrogen and oxygen atoms in total. The maximum Gasteiger partial charge on any atom is 0.182 e. The predicted octanol–water partition coefficient (Wildman–Crippen LogP) is 1.55. The van der Waals surface area contributed by atoms with Gasteiger partial charge in [-0.05, 0) is 24.3 Å². The highest BCUT2D eigenvalue weighted by Gasteiger charge is 2.06. The summed E-state index contributed by atoms with van der Waals surface area (Å²) in [4.78, 5) is 8.02. The monoisotopic (exact) mass is 307 g/mol. The third-order valence-corrected chi connectivity index (χ3v) is 3.12. The Hall–Kier alpha value is -3.47. The first-order valence-corrected chi connectivity index (χ1v) is 6.81. The van der Waals surface area contributed by atoms with Crippen LogP contribution in [0.2, 0.25) is 0 Å². The van der Waals surface area contributed by atoms with E-state index in [2.05, 4.69) is 25.6 Å². The summed E-state index contributed by atoms with van der Waals surface area (Å²) in [5.74, 6) is 1.21. The molecule has 0 spiro atoms. The Morgan fingerprint density at radius 3 is 2.74 bits per heavy atom. The second-order valence-corrected chi connectivity index (χ2v) is 4.57. The topological polar surface area (TPSA) is 102 Å². The molecule has 0 saturated heterocycles. The number of hydrogen-bond donors (Lipinski definition) is 1.